The summed E-state index contributed by atoms with van der Waals surface area (Å²) >= 11 is 1.73. The number of rotatable bonds is 7. The SMILES string of the molecule is CCc1ncc(CNCCCC(N)=O)s1. The van der Waals surface area contributed by atoms with Crippen LogP contribution in [0.1, 0.15) is 29.7 Å². The molecule has 0 aromatic carbocycles. The van der Waals surface area contributed by atoms with E-state index in [2.05, 4.69) is 17.2 Å². The van der Waals surface area contributed by atoms with Crippen LogP contribution < -0.4 is 11.1 Å². The second-order valence-electron chi connectivity index (χ2n) is 3.32. The summed E-state index contributed by atoms with van der Waals surface area (Å²) in [7, 11) is 0. The number of primary amides is 1. The summed E-state index contributed by atoms with van der Waals surface area (Å²) in [6.07, 6.45) is 4.15. The normalized spacial score (nSPS) is 10.5. The van der Waals surface area contributed by atoms with Crippen LogP contribution in [0.15, 0.2) is 6.20 Å². The minimum Gasteiger partial charge on any atom is -0.370 e. The fraction of sp³-hybridized carbons (Fsp3) is 0.600. The molecule has 15 heavy (non-hydrogen) atoms. The summed E-state index contributed by atoms with van der Waals surface area (Å²) in [5, 5.41) is 4.43. The third-order valence-corrected chi connectivity index (χ3v) is 3.12. The standard InChI is InChI=1S/C10H17N3OS/c1-2-10-13-7-8(15-10)6-12-5-3-4-9(11)14/h7,12H,2-6H2,1H3,(H2,11,14). The largest absolute Gasteiger partial charge is 0.370 e. The summed E-state index contributed by atoms with van der Waals surface area (Å²) in [6, 6.07) is 0. The highest BCUT2D eigenvalue weighted by Crippen LogP contribution is 2.12. The fourth-order valence-electron chi connectivity index (χ4n) is 1.19. The number of hydrogen-bond acceptors (Lipinski definition) is 4. The second-order valence-corrected chi connectivity index (χ2v) is 4.52. The molecular weight excluding hydrogens is 210 g/mol. The third-order valence-electron chi connectivity index (χ3n) is 1.98. The number of thiazole rings is 1. The molecule has 0 saturated heterocycles. The number of carbonyl (C=O) groups excluding carboxylic acids is 1. The Kier molecular flexibility index (Phi) is 5.28. The zero-order valence-corrected chi connectivity index (χ0v) is 9.77. The maximum absolute atomic E-state index is 10.5. The molecule has 0 spiro atoms. The van der Waals surface area contributed by atoms with Crippen LogP contribution in [0.4, 0.5) is 0 Å². The second kappa shape index (κ2) is 6.53. The van der Waals surface area contributed by atoms with E-state index in [0.29, 0.717) is 6.42 Å². The quantitative estimate of drug-likeness (QED) is 0.684. The van der Waals surface area contributed by atoms with Crippen molar-refractivity contribution in [3.8, 4) is 0 Å². The van der Waals surface area contributed by atoms with Gasteiger partial charge in [0.2, 0.25) is 5.91 Å². The Morgan fingerprint density at radius 3 is 3.07 bits per heavy atom. The van der Waals surface area contributed by atoms with Gasteiger partial charge in [-0.2, -0.15) is 0 Å². The molecule has 0 radical (unpaired) electrons. The van der Waals surface area contributed by atoms with Crippen LogP contribution in [0.25, 0.3) is 0 Å². The van der Waals surface area contributed by atoms with Crippen molar-refractivity contribution in [2.45, 2.75) is 32.7 Å². The van der Waals surface area contributed by atoms with Crippen LogP contribution in [0.5, 0.6) is 0 Å². The molecule has 0 fully saturated rings. The molecule has 1 aromatic rings. The van der Waals surface area contributed by atoms with E-state index in [1.807, 2.05) is 6.20 Å². The molecule has 0 aliphatic heterocycles. The first-order valence-electron chi connectivity index (χ1n) is 5.15. The van der Waals surface area contributed by atoms with Crippen LogP contribution >= 0.6 is 11.3 Å². The van der Waals surface area contributed by atoms with Gasteiger partial charge in [-0.25, -0.2) is 4.98 Å². The number of carbonyl (C=O) groups is 1. The first-order chi connectivity index (χ1) is 7.22. The molecule has 0 unspecified atom stereocenters. The Hall–Kier alpha value is -0.940. The Bertz CT molecular complexity index is 311. The lowest BCUT2D eigenvalue weighted by molar-refractivity contribution is -0.118. The summed E-state index contributed by atoms with van der Waals surface area (Å²) in [5.41, 5.74) is 5.03. The van der Waals surface area contributed by atoms with Gasteiger partial charge in [0.15, 0.2) is 0 Å². The van der Waals surface area contributed by atoms with E-state index in [0.717, 1.165) is 25.9 Å². The minimum absolute atomic E-state index is 0.233. The number of nitrogens with one attached hydrogen (secondary N) is 1. The van der Waals surface area contributed by atoms with Crippen LogP contribution in [0.2, 0.25) is 0 Å². The van der Waals surface area contributed by atoms with Crippen molar-refractivity contribution >= 4 is 17.2 Å². The number of aryl methyl sites for hydroxylation is 1. The van der Waals surface area contributed by atoms with Crippen molar-refractivity contribution in [2.75, 3.05) is 6.54 Å². The molecule has 4 nitrogen and oxygen atoms in total. The molecule has 0 aliphatic rings. The molecule has 1 rings (SSSR count). The highest BCUT2D eigenvalue weighted by molar-refractivity contribution is 7.11. The van der Waals surface area contributed by atoms with Crippen LogP contribution in [0.3, 0.4) is 0 Å². The van der Waals surface area contributed by atoms with E-state index in [9.17, 15) is 4.79 Å². The highest BCUT2D eigenvalue weighted by atomic mass is 32.1. The molecule has 0 bridgehead atoms. The van der Waals surface area contributed by atoms with Gasteiger partial charge in [-0.15, -0.1) is 11.3 Å². The third kappa shape index (κ3) is 4.90. The van der Waals surface area contributed by atoms with Gasteiger partial charge in [-0.1, -0.05) is 6.92 Å². The molecule has 0 saturated carbocycles. The number of nitrogens with zero attached hydrogens (tertiary/aromatic N) is 1. The first kappa shape index (κ1) is 12.1. The lowest BCUT2D eigenvalue weighted by Gasteiger charge is -2.00. The van der Waals surface area contributed by atoms with Gasteiger partial charge in [0.25, 0.3) is 0 Å². The molecular formula is C10H17N3OS. The van der Waals surface area contributed by atoms with E-state index in [-0.39, 0.29) is 5.91 Å². The topological polar surface area (TPSA) is 68.0 Å². The zero-order chi connectivity index (χ0) is 11.1. The highest BCUT2D eigenvalue weighted by Gasteiger charge is 1.99. The van der Waals surface area contributed by atoms with E-state index in [1.54, 1.807) is 11.3 Å². The number of aromatic nitrogens is 1. The van der Waals surface area contributed by atoms with Gasteiger partial charge in [0.1, 0.15) is 0 Å². The van der Waals surface area contributed by atoms with Crippen molar-refractivity contribution in [3.63, 3.8) is 0 Å². The summed E-state index contributed by atoms with van der Waals surface area (Å²) in [4.78, 5) is 16.0. The van der Waals surface area contributed by atoms with Gasteiger partial charge in [0.05, 0.1) is 5.01 Å². The van der Waals surface area contributed by atoms with Crippen LogP contribution in [0, 0.1) is 0 Å². The van der Waals surface area contributed by atoms with E-state index >= 15 is 0 Å². The zero-order valence-electron chi connectivity index (χ0n) is 8.95. The molecule has 0 atom stereocenters. The predicted molar refractivity (Wildman–Crippen MR) is 61.6 cm³/mol. The Morgan fingerprint density at radius 2 is 2.47 bits per heavy atom. The summed E-state index contributed by atoms with van der Waals surface area (Å²) in [5.74, 6) is -0.233. The average Bonchev–Trinajstić information content (AvgIpc) is 2.65. The molecule has 0 aliphatic carbocycles. The van der Waals surface area contributed by atoms with E-state index in [1.165, 1.54) is 9.88 Å². The van der Waals surface area contributed by atoms with Crippen molar-refractivity contribution in [3.05, 3.63) is 16.1 Å². The molecule has 1 heterocycles. The Balaban J connectivity index is 2.12. The van der Waals surface area contributed by atoms with Crippen molar-refractivity contribution < 1.29 is 4.79 Å². The predicted octanol–water partition coefficient (Wildman–Crippen LogP) is 1.06. The van der Waals surface area contributed by atoms with Gasteiger partial charge in [-0.05, 0) is 19.4 Å². The van der Waals surface area contributed by atoms with Crippen molar-refractivity contribution in [1.82, 2.24) is 10.3 Å². The van der Waals surface area contributed by atoms with E-state index < -0.39 is 0 Å². The molecule has 5 heteroatoms. The molecule has 3 N–H and O–H groups in total. The lowest BCUT2D eigenvalue weighted by atomic mass is 10.3. The Morgan fingerprint density at radius 1 is 1.67 bits per heavy atom. The summed E-state index contributed by atoms with van der Waals surface area (Å²) in [6.45, 7) is 3.75. The smallest absolute Gasteiger partial charge is 0.217 e. The van der Waals surface area contributed by atoms with Gasteiger partial charge >= 0.3 is 0 Å². The molecule has 84 valence electrons. The maximum atomic E-state index is 10.5. The number of hydrogen-bond donors (Lipinski definition) is 2. The van der Waals surface area contributed by atoms with Crippen molar-refractivity contribution in [1.29, 1.82) is 0 Å². The van der Waals surface area contributed by atoms with Crippen LogP contribution in [-0.2, 0) is 17.8 Å². The average molecular weight is 227 g/mol. The van der Waals surface area contributed by atoms with E-state index in [4.69, 9.17) is 5.73 Å². The lowest BCUT2D eigenvalue weighted by Crippen LogP contribution is -2.17. The minimum atomic E-state index is -0.233. The number of nitrogens with two attached hydrogens (primary N) is 1. The molecule has 1 aromatic heterocycles. The first-order valence-corrected chi connectivity index (χ1v) is 5.96. The molecule has 1 amide bonds. The van der Waals surface area contributed by atoms with Gasteiger partial charge < -0.3 is 11.1 Å². The van der Waals surface area contributed by atoms with Gasteiger partial charge in [-0.3, -0.25) is 4.79 Å². The Labute approximate surface area is 93.9 Å². The monoisotopic (exact) mass is 227 g/mol. The van der Waals surface area contributed by atoms with Crippen molar-refractivity contribution in [2.24, 2.45) is 5.73 Å². The maximum Gasteiger partial charge on any atom is 0.217 e. The summed E-state index contributed by atoms with van der Waals surface area (Å²) < 4.78 is 0. The fourth-order valence-corrected chi connectivity index (χ4v) is 2.02. The number of amides is 1. The van der Waals surface area contributed by atoms with Gasteiger partial charge in [0, 0.05) is 24.0 Å². The van der Waals surface area contributed by atoms with Crippen LogP contribution in [-0.4, -0.2) is 17.4 Å².